The number of carbonyl (C=O) groups is 1. The van der Waals surface area contributed by atoms with Gasteiger partial charge in [0.1, 0.15) is 5.69 Å². The highest BCUT2D eigenvalue weighted by Gasteiger charge is 2.21. The van der Waals surface area contributed by atoms with Crippen LogP contribution in [0.5, 0.6) is 5.75 Å². The molecule has 0 atom stereocenters. The third-order valence-corrected chi connectivity index (χ3v) is 4.80. The summed E-state index contributed by atoms with van der Waals surface area (Å²) in [6.45, 7) is 7.40. The number of benzene rings is 2. The topological polar surface area (TPSA) is 151 Å². The van der Waals surface area contributed by atoms with Gasteiger partial charge in [-0.05, 0) is 22.9 Å². The number of anilines is 1. The van der Waals surface area contributed by atoms with Crippen LogP contribution in [0.2, 0.25) is 0 Å². The number of aromatic hydroxyl groups is 1. The van der Waals surface area contributed by atoms with Gasteiger partial charge in [0.15, 0.2) is 11.6 Å². The van der Waals surface area contributed by atoms with Crippen molar-refractivity contribution in [3.05, 3.63) is 84.4 Å². The van der Waals surface area contributed by atoms with Gasteiger partial charge in [-0.15, -0.1) is 10.2 Å². The molecule has 0 aliphatic heterocycles. The summed E-state index contributed by atoms with van der Waals surface area (Å²) in [6.07, 6.45) is 7.43. The molecule has 5 rings (SSSR count). The van der Waals surface area contributed by atoms with Crippen LogP contribution in [-0.4, -0.2) is 40.7 Å². The second-order valence-electron chi connectivity index (χ2n) is 6.86. The summed E-state index contributed by atoms with van der Waals surface area (Å²) in [7, 11) is 0. The van der Waals surface area contributed by atoms with Crippen LogP contribution in [0.25, 0.3) is 21.6 Å². The van der Waals surface area contributed by atoms with Gasteiger partial charge in [0, 0.05) is 24.8 Å². The van der Waals surface area contributed by atoms with E-state index in [1.54, 1.807) is 42.6 Å². The molecule has 1 amide bonds. The van der Waals surface area contributed by atoms with Crippen LogP contribution >= 0.6 is 0 Å². The molecule has 164 valence electrons. The van der Waals surface area contributed by atoms with E-state index < -0.39 is 5.91 Å². The predicted molar refractivity (Wildman–Crippen MR) is 122 cm³/mol. The molecule has 0 radical (unpaired) electrons. The third-order valence-electron chi connectivity index (χ3n) is 4.80. The zero-order valence-electron chi connectivity index (χ0n) is 17.3. The van der Waals surface area contributed by atoms with Crippen molar-refractivity contribution < 1.29 is 9.90 Å². The second kappa shape index (κ2) is 8.60. The summed E-state index contributed by atoms with van der Waals surface area (Å²) in [4.78, 5) is 31.4. The van der Waals surface area contributed by atoms with Gasteiger partial charge in [-0.1, -0.05) is 24.3 Å². The Morgan fingerprint density at radius 3 is 2.71 bits per heavy atom. The number of fused-ring (bicyclic) bond motifs is 1. The number of azo groups is 1. The van der Waals surface area contributed by atoms with Crippen LogP contribution in [0.3, 0.4) is 0 Å². The maximum absolute atomic E-state index is 13.0. The molecule has 0 bridgehead atoms. The Morgan fingerprint density at radius 2 is 1.94 bits per heavy atom. The Labute approximate surface area is 191 Å². The van der Waals surface area contributed by atoms with Crippen molar-refractivity contribution >= 4 is 39.8 Å². The van der Waals surface area contributed by atoms with Crippen molar-refractivity contribution in [1.29, 1.82) is 0 Å². The molecule has 0 unspecified atom stereocenters. The quantitative estimate of drug-likeness (QED) is 0.266. The van der Waals surface area contributed by atoms with E-state index in [2.05, 4.69) is 45.4 Å². The van der Waals surface area contributed by atoms with E-state index in [4.69, 9.17) is 6.57 Å². The molecule has 3 N–H and O–H groups in total. The summed E-state index contributed by atoms with van der Waals surface area (Å²) in [5, 5.41) is 27.2. The van der Waals surface area contributed by atoms with Crippen LogP contribution in [0.15, 0.2) is 77.6 Å². The van der Waals surface area contributed by atoms with Crippen molar-refractivity contribution in [2.75, 3.05) is 5.32 Å². The predicted octanol–water partition coefficient (Wildman–Crippen LogP) is 4.46. The largest absolute Gasteiger partial charge is 0.505 e. The van der Waals surface area contributed by atoms with Crippen LogP contribution in [-0.2, 0) is 0 Å². The Kier molecular flexibility index (Phi) is 5.17. The summed E-state index contributed by atoms with van der Waals surface area (Å²) in [5.74, 6) is -0.444. The van der Waals surface area contributed by atoms with Gasteiger partial charge < -0.3 is 10.1 Å². The van der Waals surface area contributed by atoms with Gasteiger partial charge >= 0.3 is 0 Å². The minimum Gasteiger partial charge on any atom is -0.505 e. The highest BCUT2D eigenvalue weighted by Crippen LogP contribution is 2.39. The van der Waals surface area contributed by atoms with Crippen molar-refractivity contribution in [2.24, 2.45) is 10.2 Å². The Hall–Kier alpha value is -5.44. The third kappa shape index (κ3) is 3.69. The average Bonchev–Trinajstić information content (AvgIpc) is 3.52. The SMILES string of the molecule is [C-]#[N+]c1cnn(-c2ncccn2)c1/N=N/c1cc2ccccc2c(C(=O)Nc2ncc[nH]2)c1O. The molecule has 0 aliphatic carbocycles. The molecule has 0 aliphatic rings. The van der Waals surface area contributed by atoms with Gasteiger partial charge in [-0.2, -0.15) is 9.78 Å². The lowest BCUT2D eigenvalue weighted by molar-refractivity contribution is 0.102. The van der Waals surface area contributed by atoms with Gasteiger partial charge in [0.2, 0.25) is 5.95 Å². The lowest BCUT2D eigenvalue weighted by atomic mass is 10.0. The fraction of sp³-hybridized carbons (Fsp3) is 0. The van der Waals surface area contributed by atoms with Crippen molar-refractivity contribution in [1.82, 2.24) is 29.7 Å². The first kappa shape index (κ1) is 20.5. The van der Waals surface area contributed by atoms with Gasteiger partial charge in [-0.25, -0.2) is 19.8 Å². The average molecular weight is 450 g/mol. The number of nitrogens with zero attached hydrogens (tertiary/aromatic N) is 8. The van der Waals surface area contributed by atoms with E-state index in [1.807, 2.05) is 0 Å². The fourth-order valence-electron chi connectivity index (χ4n) is 3.29. The fourth-order valence-corrected chi connectivity index (χ4v) is 3.29. The van der Waals surface area contributed by atoms with Gasteiger partial charge in [0.25, 0.3) is 17.5 Å². The molecule has 3 aromatic heterocycles. The number of amides is 1. The molecule has 0 saturated carbocycles. The van der Waals surface area contributed by atoms with Gasteiger partial charge in [0.05, 0.1) is 18.3 Å². The number of imidazole rings is 1. The van der Waals surface area contributed by atoms with Crippen LogP contribution in [0.1, 0.15) is 10.4 Å². The summed E-state index contributed by atoms with van der Waals surface area (Å²) < 4.78 is 1.26. The standard InChI is InChI=1S/C22H14N10O2/c1-23-16-12-28-32(22-26-7-4-8-27-22)19(16)31-30-15-11-13-5-2-3-6-14(13)17(18(15)33)20(34)29-21-24-9-10-25-21/h2-12,33H,(H2,24,25,29,34)/b31-30+. The first-order valence-electron chi connectivity index (χ1n) is 9.86. The Balaban J connectivity index is 1.61. The lowest BCUT2D eigenvalue weighted by Crippen LogP contribution is -2.13. The van der Waals surface area contributed by atoms with E-state index >= 15 is 0 Å². The second-order valence-corrected chi connectivity index (χ2v) is 6.86. The van der Waals surface area contributed by atoms with E-state index in [9.17, 15) is 9.90 Å². The maximum Gasteiger partial charge on any atom is 0.262 e. The van der Waals surface area contributed by atoms with Crippen molar-refractivity contribution in [3.63, 3.8) is 0 Å². The number of nitrogens with one attached hydrogen (secondary N) is 2. The monoisotopic (exact) mass is 450 g/mol. The number of phenols is 1. The zero-order valence-corrected chi connectivity index (χ0v) is 17.3. The first-order valence-corrected chi connectivity index (χ1v) is 9.86. The molecular formula is C22H14N10O2. The zero-order chi connectivity index (χ0) is 23.5. The lowest BCUT2D eigenvalue weighted by Gasteiger charge is -2.11. The summed E-state index contributed by atoms with van der Waals surface area (Å²) in [6, 6.07) is 10.3. The molecule has 0 fully saturated rings. The molecule has 2 aromatic carbocycles. The summed E-state index contributed by atoms with van der Waals surface area (Å²) >= 11 is 0. The number of phenolic OH excluding ortho intramolecular Hbond substituents is 1. The minimum atomic E-state index is -0.578. The van der Waals surface area contributed by atoms with Crippen molar-refractivity contribution in [2.45, 2.75) is 0 Å². The smallest absolute Gasteiger partial charge is 0.262 e. The number of hydrogen-bond donors (Lipinski definition) is 3. The Bertz CT molecular complexity index is 1570. The molecule has 3 heterocycles. The molecule has 34 heavy (non-hydrogen) atoms. The first-order chi connectivity index (χ1) is 16.7. The van der Waals surface area contributed by atoms with Crippen LogP contribution in [0, 0.1) is 6.57 Å². The van der Waals surface area contributed by atoms with E-state index in [0.29, 0.717) is 10.8 Å². The van der Waals surface area contributed by atoms with E-state index in [-0.39, 0.29) is 40.4 Å². The molecule has 0 saturated heterocycles. The normalized spacial score (nSPS) is 11.0. The number of hydrogen-bond acceptors (Lipinski definition) is 8. The number of rotatable bonds is 5. The van der Waals surface area contributed by atoms with Crippen LogP contribution in [0.4, 0.5) is 23.1 Å². The number of H-pyrrole nitrogens is 1. The molecule has 0 spiro atoms. The molecule has 12 nitrogen and oxygen atoms in total. The molecular weight excluding hydrogens is 436 g/mol. The van der Waals surface area contributed by atoms with E-state index in [1.165, 1.54) is 29.5 Å². The highest BCUT2D eigenvalue weighted by atomic mass is 16.3. The maximum atomic E-state index is 13.0. The molecule has 12 heteroatoms. The number of carbonyl (C=O) groups excluding carboxylic acids is 1. The minimum absolute atomic E-state index is 0.00810. The highest BCUT2D eigenvalue weighted by molar-refractivity contribution is 6.15. The van der Waals surface area contributed by atoms with Gasteiger partial charge in [-0.3, -0.25) is 10.1 Å². The Morgan fingerprint density at radius 1 is 1.12 bits per heavy atom. The number of aromatic amines is 1. The van der Waals surface area contributed by atoms with E-state index in [0.717, 1.165) is 0 Å². The summed E-state index contributed by atoms with van der Waals surface area (Å²) in [5.41, 5.74) is 0.155. The molecule has 5 aromatic rings. The van der Waals surface area contributed by atoms with Crippen LogP contribution < -0.4 is 5.32 Å². The number of aromatic nitrogens is 6. The van der Waals surface area contributed by atoms with Crippen molar-refractivity contribution in [3.8, 4) is 11.7 Å².